The highest BCUT2D eigenvalue weighted by atomic mass is 31.3. The van der Waals surface area contributed by atoms with E-state index in [1.54, 1.807) is 37.3 Å². The maximum absolute atomic E-state index is 7.55. The van der Waals surface area contributed by atoms with Crippen LogP contribution in [0.2, 0.25) is 0 Å². The SMILES string of the molecule is CCCCCCOc1ccc(N=Cc2ccc(OP3(Oc4ccc(C=Nc5ccc(OCCCCCC)cc5)cc4)=NP(Oc4ccc(C=Nc5ccc(OCCCCCC)cc5)cc4)(Oc4ccc(C=Nc5ccc(OCCCCCC)cc5)cc4)=NP(Oc4ccc(C=Nc5ccc(OCCCCCC)cc5)cc4)(Oc4ccc(C=Nc5ccc(OCCCCCC)cc5)cc4)=N3)cc2)cc1. The fraction of sp³-hybridized carbons (Fsp3) is 0.316. The van der Waals surface area contributed by atoms with E-state index in [2.05, 4.69) is 41.5 Å². The number of aliphatic imine (C=N–C) groups is 6. The lowest BCUT2D eigenvalue weighted by Crippen LogP contribution is -2.11. The van der Waals surface area contributed by atoms with Crippen LogP contribution in [0, 0.1) is 0 Å². The van der Waals surface area contributed by atoms with Crippen LogP contribution in [0.25, 0.3) is 0 Å². The van der Waals surface area contributed by atoms with Crippen molar-refractivity contribution < 1.29 is 55.6 Å². The van der Waals surface area contributed by atoms with Gasteiger partial charge in [-0.15, -0.1) is 0 Å². The summed E-state index contributed by atoms with van der Waals surface area (Å²) in [5.41, 5.74) is 9.09. The van der Waals surface area contributed by atoms with Crippen LogP contribution < -0.4 is 55.6 Å². The van der Waals surface area contributed by atoms with Gasteiger partial charge in [0.25, 0.3) is 0 Å². The van der Waals surface area contributed by atoms with E-state index < -0.39 is 23.0 Å². The normalized spacial score (nSPS) is 15.3. The second kappa shape index (κ2) is 56.6. The number of unbranched alkanes of at least 4 members (excludes halogenated alkanes) is 18. The number of benzene rings is 12. The molecule has 1 aliphatic heterocycles. The molecule has 13 rings (SSSR count). The van der Waals surface area contributed by atoms with Gasteiger partial charge in [-0.05, 0) is 363 Å². The first-order valence-electron chi connectivity index (χ1n) is 49.2. The molecule has 24 heteroatoms. The summed E-state index contributed by atoms with van der Waals surface area (Å²) < 4.78 is 99.0. The molecule has 0 atom stereocenters. The Bertz CT molecular complexity index is 5020. The van der Waals surface area contributed by atoms with Crippen LogP contribution in [0.3, 0.4) is 0 Å². The monoisotopic (exact) mass is 1910 g/mol. The summed E-state index contributed by atoms with van der Waals surface area (Å²) in [6.45, 7) is 17.2. The number of nitrogens with zero attached hydrogens (tertiary/aromatic N) is 9. The Hall–Kier alpha value is -13.1. The van der Waals surface area contributed by atoms with Crippen LogP contribution in [-0.2, 0) is 0 Å². The Morgan fingerprint density at radius 3 is 0.428 bits per heavy atom. The average molecular weight is 1910 g/mol. The average Bonchev–Trinajstić information content (AvgIpc) is 0.727. The van der Waals surface area contributed by atoms with Gasteiger partial charge in [0.1, 0.15) is 69.0 Å². The minimum absolute atomic E-state index is 0.297. The van der Waals surface area contributed by atoms with E-state index in [-0.39, 0.29) is 0 Å². The summed E-state index contributed by atoms with van der Waals surface area (Å²) in [6.07, 6.45) is 37.6. The van der Waals surface area contributed by atoms with Gasteiger partial charge in [0.2, 0.25) is 0 Å². The van der Waals surface area contributed by atoms with Crippen LogP contribution in [-0.4, -0.2) is 76.9 Å². The smallest absolute Gasteiger partial charge is 0.460 e. The first-order chi connectivity index (χ1) is 67.9. The summed E-state index contributed by atoms with van der Waals surface area (Å²) in [7, 11) is -13.7. The molecule has 1 heterocycles. The maximum atomic E-state index is 7.55. The largest absolute Gasteiger partial charge is 0.494 e. The zero-order chi connectivity index (χ0) is 95.6. The van der Waals surface area contributed by atoms with E-state index in [9.17, 15) is 0 Å². The third-order valence-corrected chi connectivity index (χ3v) is 30.2. The topological polar surface area (TPSA) is 222 Å². The van der Waals surface area contributed by atoms with E-state index in [1.807, 2.05) is 291 Å². The Morgan fingerprint density at radius 2 is 0.297 bits per heavy atom. The molecule has 0 saturated carbocycles. The highest BCUT2D eigenvalue weighted by molar-refractivity contribution is 7.79. The number of hydrogen-bond donors (Lipinski definition) is 0. The molecule has 0 saturated heterocycles. The molecule has 0 spiro atoms. The van der Waals surface area contributed by atoms with Gasteiger partial charge in [0, 0.05) is 37.3 Å². The number of ether oxygens (including phenoxy) is 6. The first-order valence-corrected chi connectivity index (χ1v) is 53.8. The minimum Gasteiger partial charge on any atom is -0.494 e. The van der Waals surface area contributed by atoms with Crippen molar-refractivity contribution in [2.75, 3.05) is 39.6 Å². The molecule has 12 aromatic carbocycles. The molecule has 0 bridgehead atoms. The minimum atomic E-state index is -4.55. The number of hydrogen-bond acceptors (Lipinski definition) is 21. The van der Waals surface area contributed by atoms with Gasteiger partial charge in [0.05, 0.1) is 73.8 Å². The summed E-state index contributed by atoms with van der Waals surface area (Å²) in [6, 6.07) is 91.3. The van der Waals surface area contributed by atoms with E-state index in [0.29, 0.717) is 74.1 Å². The molecule has 0 radical (unpaired) electrons. The van der Waals surface area contributed by atoms with Crippen molar-refractivity contribution in [3.8, 4) is 69.0 Å². The van der Waals surface area contributed by atoms with Crippen LogP contribution in [0.15, 0.2) is 335 Å². The zero-order valence-corrected chi connectivity index (χ0v) is 83.3. The van der Waals surface area contributed by atoms with Crippen molar-refractivity contribution in [2.24, 2.45) is 43.5 Å². The van der Waals surface area contributed by atoms with Crippen LogP contribution in [0.1, 0.15) is 229 Å². The third-order valence-electron chi connectivity index (χ3n) is 22.1. The van der Waals surface area contributed by atoms with E-state index in [4.69, 9.17) is 99.1 Å². The third kappa shape index (κ3) is 35.5. The van der Waals surface area contributed by atoms with Gasteiger partial charge >= 0.3 is 23.0 Å². The summed E-state index contributed by atoms with van der Waals surface area (Å²) in [5, 5.41) is 0. The molecule has 12 aromatic rings. The first kappa shape index (κ1) is 102. The fourth-order valence-electron chi connectivity index (χ4n) is 14.2. The van der Waals surface area contributed by atoms with Gasteiger partial charge in [-0.25, -0.2) is 0 Å². The fourth-order valence-corrected chi connectivity index (χ4v) is 23.3. The zero-order valence-electron chi connectivity index (χ0n) is 80.7. The van der Waals surface area contributed by atoms with Crippen molar-refractivity contribution in [3.63, 3.8) is 0 Å². The molecule has 1 aliphatic rings. The lowest BCUT2D eigenvalue weighted by molar-refractivity contribution is 0.305. The van der Waals surface area contributed by atoms with Gasteiger partial charge < -0.3 is 55.6 Å². The molecule has 0 fully saturated rings. The van der Waals surface area contributed by atoms with Crippen LogP contribution in [0.4, 0.5) is 34.1 Å². The van der Waals surface area contributed by atoms with Crippen molar-refractivity contribution in [1.29, 1.82) is 0 Å². The molecule has 0 aliphatic carbocycles. The van der Waals surface area contributed by atoms with Crippen molar-refractivity contribution in [3.05, 3.63) is 325 Å². The van der Waals surface area contributed by atoms with E-state index in [0.717, 1.165) is 218 Å². The molecular weight excluding hydrogens is 1780 g/mol. The van der Waals surface area contributed by atoms with Crippen LogP contribution in [0.5, 0.6) is 69.0 Å². The predicted molar refractivity (Wildman–Crippen MR) is 570 cm³/mol. The van der Waals surface area contributed by atoms with Gasteiger partial charge in [-0.2, -0.15) is 0 Å². The highest BCUT2D eigenvalue weighted by Crippen LogP contribution is 2.79. The predicted octanol–water partition coefficient (Wildman–Crippen LogP) is 34.6. The highest BCUT2D eigenvalue weighted by Gasteiger charge is 2.49. The lowest BCUT2D eigenvalue weighted by Gasteiger charge is -2.33. The van der Waals surface area contributed by atoms with Crippen molar-refractivity contribution in [2.45, 2.75) is 196 Å². The number of rotatable bonds is 60. The molecular formula is C114H132N9O12P3. The van der Waals surface area contributed by atoms with Crippen molar-refractivity contribution >= 4 is 94.4 Å². The van der Waals surface area contributed by atoms with Crippen LogP contribution >= 0.6 is 23.0 Å². The standard InChI is InChI=1S/C114H132N9O12P3/c1-7-13-19-25-79-124-103-67-43-97(44-68-103)115-85-91-31-55-109(56-32-91)130-136(131-110-57-33-92(34-58-110)86-116-98-45-69-104(70-46-98)125-80-26-20-14-8-2)121-137(132-111-59-35-93(36-60-111)87-117-99-47-71-105(72-48-99)126-81-27-21-15-9-3,133-112-61-37-94(38-62-112)88-118-100-49-73-106(74-50-100)127-82-28-22-16-10-4)123-138(122-136,134-113-63-39-95(40-64-113)89-119-101-51-75-107(76-52-101)128-83-29-23-17-11-5)135-114-65-41-96(42-66-114)90-120-102-53-77-108(78-54-102)129-84-30-24-18-12-6/h31-78,85-90H,7-30,79-84H2,1-6H3. The molecule has 0 N–H and O–H groups in total. The van der Waals surface area contributed by atoms with Gasteiger partial charge in [-0.3, -0.25) is 30.0 Å². The Morgan fingerprint density at radius 1 is 0.167 bits per heavy atom. The molecule has 138 heavy (non-hydrogen) atoms. The molecule has 0 aromatic heterocycles. The molecule has 21 nitrogen and oxygen atoms in total. The van der Waals surface area contributed by atoms with E-state index in [1.165, 1.54) is 38.5 Å². The van der Waals surface area contributed by atoms with Gasteiger partial charge in [-0.1, -0.05) is 171 Å². The molecule has 0 amide bonds. The summed E-state index contributed by atoms with van der Waals surface area (Å²) in [5.74, 6) is 6.54. The second-order valence-corrected chi connectivity index (χ2v) is 39.9. The maximum Gasteiger partial charge on any atom is 0.460 e. The Kier molecular flexibility index (Phi) is 42.0. The van der Waals surface area contributed by atoms with Crippen molar-refractivity contribution in [1.82, 2.24) is 0 Å². The second-order valence-electron chi connectivity index (χ2n) is 33.7. The molecule has 0 unspecified atom stereocenters. The Labute approximate surface area is 817 Å². The summed E-state index contributed by atoms with van der Waals surface area (Å²) in [4.78, 5) is 29.3. The quantitative estimate of drug-likeness (QED) is 0.0197. The molecule has 720 valence electrons. The van der Waals surface area contributed by atoms with Gasteiger partial charge in [0.15, 0.2) is 0 Å². The lowest BCUT2D eigenvalue weighted by atomic mass is 10.2. The van der Waals surface area contributed by atoms with E-state index >= 15 is 0 Å². The summed E-state index contributed by atoms with van der Waals surface area (Å²) >= 11 is 0. The Balaban J connectivity index is 0.946.